The van der Waals surface area contributed by atoms with Gasteiger partial charge >= 0.3 is 5.97 Å². The summed E-state index contributed by atoms with van der Waals surface area (Å²) in [7, 11) is 0. The van der Waals surface area contributed by atoms with Gasteiger partial charge < -0.3 is 14.6 Å². The number of esters is 1. The van der Waals surface area contributed by atoms with Crippen LogP contribution in [-0.4, -0.2) is 41.5 Å². The van der Waals surface area contributed by atoms with Gasteiger partial charge in [-0.05, 0) is 38.2 Å². The average Bonchev–Trinajstić information content (AvgIpc) is 2.72. The maximum absolute atomic E-state index is 13.0. The third-order valence-corrected chi connectivity index (χ3v) is 3.59. The van der Waals surface area contributed by atoms with Crippen molar-refractivity contribution in [3.63, 3.8) is 0 Å². The lowest BCUT2D eigenvalue weighted by atomic mass is 10.1. The third kappa shape index (κ3) is 4.85. The largest absolute Gasteiger partial charge is 0.461 e. The summed E-state index contributed by atoms with van der Waals surface area (Å²) in [4.78, 5) is 29.9. The van der Waals surface area contributed by atoms with Crippen molar-refractivity contribution in [3.8, 4) is 0 Å². The first-order valence-corrected chi connectivity index (χ1v) is 8.34. The molecule has 5 heteroatoms. The summed E-state index contributed by atoms with van der Waals surface area (Å²) in [6.07, 6.45) is 0. The standard InChI is InChI=1S/C18H30N2O3/c1-8-23-18(22)16-13(6)15(14(7)19-16)17(21)20(9-11(2)3)10-12(4)5/h11-12,19H,8-10H2,1-7H3. The number of ether oxygens (including phenoxy) is 1. The second kappa shape index (κ2) is 8.18. The van der Waals surface area contributed by atoms with Crippen LogP contribution in [0.3, 0.4) is 0 Å². The fourth-order valence-electron chi connectivity index (χ4n) is 2.76. The Balaban J connectivity index is 3.16. The Morgan fingerprint density at radius 3 is 2.04 bits per heavy atom. The lowest BCUT2D eigenvalue weighted by Crippen LogP contribution is -2.37. The molecule has 1 aromatic heterocycles. The molecular formula is C18H30N2O3. The van der Waals surface area contributed by atoms with Crippen molar-refractivity contribution in [2.24, 2.45) is 11.8 Å². The first-order chi connectivity index (χ1) is 10.7. The smallest absolute Gasteiger partial charge is 0.355 e. The fourth-order valence-corrected chi connectivity index (χ4v) is 2.76. The molecule has 0 saturated carbocycles. The van der Waals surface area contributed by atoms with Crippen LogP contribution in [0.15, 0.2) is 0 Å². The van der Waals surface area contributed by atoms with Gasteiger partial charge in [0.1, 0.15) is 5.69 Å². The van der Waals surface area contributed by atoms with E-state index in [2.05, 4.69) is 32.7 Å². The molecule has 0 atom stereocenters. The van der Waals surface area contributed by atoms with E-state index >= 15 is 0 Å². The Morgan fingerprint density at radius 1 is 1.09 bits per heavy atom. The minimum Gasteiger partial charge on any atom is -0.461 e. The fraction of sp³-hybridized carbons (Fsp3) is 0.667. The van der Waals surface area contributed by atoms with Crippen LogP contribution in [0.1, 0.15) is 66.7 Å². The van der Waals surface area contributed by atoms with Crippen LogP contribution in [0.2, 0.25) is 0 Å². The van der Waals surface area contributed by atoms with Gasteiger partial charge in [0.2, 0.25) is 0 Å². The molecular weight excluding hydrogens is 292 g/mol. The maximum atomic E-state index is 13.0. The lowest BCUT2D eigenvalue weighted by Gasteiger charge is -2.26. The highest BCUT2D eigenvalue weighted by Crippen LogP contribution is 2.22. The number of aromatic amines is 1. The number of hydrogen-bond donors (Lipinski definition) is 1. The molecule has 1 amide bonds. The molecule has 0 aliphatic heterocycles. The Hall–Kier alpha value is -1.78. The number of rotatable bonds is 7. The molecule has 0 radical (unpaired) electrons. The highest BCUT2D eigenvalue weighted by Gasteiger charge is 2.26. The molecule has 0 aliphatic carbocycles. The van der Waals surface area contributed by atoms with Gasteiger partial charge in [-0.1, -0.05) is 27.7 Å². The van der Waals surface area contributed by atoms with Crippen LogP contribution in [0.25, 0.3) is 0 Å². The van der Waals surface area contributed by atoms with Crippen LogP contribution < -0.4 is 0 Å². The molecule has 23 heavy (non-hydrogen) atoms. The molecule has 1 heterocycles. The van der Waals surface area contributed by atoms with E-state index in [9.17, 15) is 9.59 Å². The number of aromatic nitrogens is 1. The molecule has 0 saturated heterocycles. The van der Waals surface area contributed by atoms with Crippen LogP contribution in [0.5, 0.6) is 0 Å². The number of carbonyl (C=O) groups is 2. The van der Waals surface area contributed by atoms with Crippen LogP contribution in [0.4, 0.5) is 0 Å². The highest BCUT2D eigenvalue weighted by molar-refractivity contribution is 6.01. The Morgan fingerprint density at radius 2 is 1.61 bits per heavy atom. The normalized spacial score (nSPS) is 11.2. The van der Waals surface area contributed by atoms with Crippen molar-refractivity contribution in [1.82, 2.24) is 9.88 Å². The van der Waals surface area contributed by atoms with Crippen molar-refractivity contribution >= 4 is 11.9 Å². The molecule has 0 aromatic carbocycles. The number of amides is 1. The zero-order chi connectivity index (χ0) is 17.7. The molecule has 0 fully saturated rings. The average molecular weight is 322 g/mol. The van der Waals surface area contributed by atoms with Gasteiger partial charge in [-0.15, -0.1) is 0 Å². The van der Waals surface area contributed by atoms with Crippen LogP contribution in [0, 0.1) is 25.7 Å². The number of nitrogens with zero attached hydrogens (tertiary/aromatic N) is 1. The predicted molar refractivity (Wildman–Crippen MR) is 91.8 cm³/mol. The number of aryl methyl sites for hydroxylation is 1. The number of carbonyl (C=O) groups excluding carboxylic acids is 2. The Bertz CT molecular complexity index is 549. The van der Waals surface area contributed by atoms with Crippen molar-refractivity contribution in [2.45, 2.75) is 48.5 Å². The molecule has 0 bridgehead atoms. The van der Waals surface area contributed by atoms with E-state index < -0.39 is 5.97 Å². The quantitative estimate of drug-likeness (QED) is 0.781. The van der Waals surface area contributed by atoms with Gasteiger partial charge in [0.15, 0.2) is 0 Å². The zero-order valence-electron chi connectivity index (χ0n) is 15.4. The Labute approximate surface area is 139 Å². The van der Waals surface area contributed by atoms with Crippen LogP contribution >= 0.6 is 0 Å². The first kappa shape index (κ1) is 19.3. The molecule has 5 nitrogen and oxygen atoms in total. The summed E-state index contributed by atoms with van der Waals surface area (Å²) in [5.41, 5.74) is 2.35. The third-order valence-electron chi connectivity index (χ3n) is 3.59. The SMILES string of the molecule is CCOC(=O)c1[nH]c(C)c(C(=O)N(CC(C)C)CC(C)C)c1C. The minimum absolute atomic E-state index is 0.0193. The second-order valence-electron chi connectivity index (χ2n) is 6.84. The van der Waals surface area contributed by atoms with Gasteiger partial charge in [-0.3, -0.25) is 4.79 Å². The maximum Gasteiger partial charge on any atom is 0.355 e. The highest BCUT2D eigenvalue weighted by atomic mass is 16.5. The molecule has 0 unspecified atom stereocenters. The summed E-state index contributed by atoms with van der Waals surface area (Å²) < 4.78 is 5.05. The zero-order valence-corrected chi connectivity index (χ0v) is 15.4. The number of hydrogen-bond acceptors (Lipinski definition) is 3. The van der Waals surface area contributed by atoms with E-state index in [4.69, 9.17) is 4.74 Å². The summed E-state index contributed by atoms with van der Waals surface area (Å²) in [6, 6.07) is 0. The molecule has 130 valence electrons. The summed E-state index contributed by atoms with van der Waals surface area (Å²) in [6.45, 7) is 15.5. The monoisotopic (exact) mass is 322 g/mol. The van der Waals surface area contributed by atoms with Crippen molar-refractivity contribution in [3.05, 3.63) is 22.5 Å². The topological polar surface area (TPSA) is 62.4 Å². The van der Waals surface area contributed by atoms with Gasteiger partial charge in [0, 0.05) is 18.8 Å². The van der Waals surface area contributed by atoms with Gasteiger partial charge in [0.05, 0.1) is 12.2 Å². The van der Waals surface area contributed by atoms with E-state index in [1.807, 2.05) is 11.8 Å². The van der Waals surface area contributed by atoms with E-state index in [1.54, 1.807) is 13.8 Å². The van der Waals surface area contributed by atoms with Crippen molar-refractivity contribution in [2.75, 3.05) is 19.7 Å². The summed E-state index contributed by atoms with van der Waals surface area (Å²) in [5, 5.41) is 0. The van der Waals surface area contributed by atoms with E-state index in [1.165, 1.54) is 0 Å². The lowest BCUT2D eigenvalue weighted by molar-refractivity contribution is 0.0519. The predicted octanol–water partition coefficient (Wildman–Crippen LogP) is 3.56. The van der Waals surface area contributed by atoms with Gasteiger partial charge in [0.25, 0.3) is 5.91 Å². The second-order valence-corrected chi connectivity index (χ2v) is 6.84. The van der Waals surface area contributed by atoms with Crippen molar-refractivity contribution < 1.29 is 14.3 Å². The first-order valence-electron chi connectivity index (χ1n) is 8.34. The molecule has 1 aromatic rings. The molecule has 1 rings (SSSR count). The van der Waals surface area contributed by atoms with Crippen LogP contribution in [-0.2, 0) is 4.74 Å². The van der Waals surface area contributed by atoms with E-state index in [0.29, 0.717) is 54.0 Å². The number of H-pyrrole nitrogens is 1. The van der Waals surface area contributed by atoms with Gasteiger partial charge in [-0.2, -0.15) is 0 Å². The minimum atomic E-state index is -0.411. The summed E-state index contributed by atoms with van der Waals surface area (Å²) in [5.74, 6) is 0.351. The molecule has 0 spiro atoms. The van der Waals surface area contributed by atoms with Gasteiger partial charge in [-0.25, -0.2) is 4.79 Å². The Kier molecular flexibility index (Phi) is 6.85. The van der Waals surface area contributed by atoms with Crippen molar-refractivity contribution in [1.29, 1.82) is 0 Å². The van der Waals surface area contributed by atoms with E-state index in [-0.39, 0.29) is 5.91 Å². The number of nitrogens with one attached hydrogen (secondary N) is 1. The van der Waals surface area contributed by atoms with E-state index in [0.717, 1.165) is 0 Å². The molecule has 0 aliphatic rings. The molecule has 1 N–H and O–H groups in total. The summed E-state index contributed by atoms with van der Waals surface area (Å²) >= 11 is 0.